The highest BCUT2D eigenvalue weighted by Gasteiger charge is 2.24. The first-order chi connectivity index (χ1) is 8.11. The molecule has 4 heteroatoms. The number of nitrogens with zero attached hydrogens (tertiary/aromatic N) is 1. The highest BCUT2D eigenvalue weighted by Crippen LogP contribution is 2.24. The van der Waals surface area contributed by atoms with Gasteiger partial charge in [-0.05, 0) is 36.1 Å². The topological polar surface area (TPSA) is 40.5 Å². The number of hydrogen-bond acceptors (Lipinski definition) is 2. The van der Waals surface area contributed by atoms with Crippen LogP contribution in [0.5, 0.6) is 5.75 Å². The van der Waals surface area contributed by atoms with E-state index in [9.17, 15) is 9.90 Å². The van der Waals surface area contributed by atoms with Gasteiger partial charge in [0, 0.05) is 13.1 Å². The molecule has 0 saturated heterocycles. The van der Waals surface area contributed by atoms with Crippen LogP contribution in [0.4, 0.5) is 0 Å². The Balaban J connectivity index is 2.15. The fourth-order valence-electron chi connectivity index (χ4n) is 2.10. The number of amides is 1. The summed E-state index contributed by atoms with van der Waals surface area (Å²) in [5, 5.41) is 9.46. The molecule has 1 heterocycles. The number of aromatic hydroxyl groups is 1. The van der Waals surface area contributed by atoms with E-state index in [1.165, 1.54) is 5.56 Å². The van der Waals surface area contributed by atoms with Gasteiger partial charge >= 0.3 is 0 Å². The third-order valence-corrected chi connectivity index (χ3v) is 4.18. The number of alkyl halides is 1. The normalized spacial score (nSPS) is 16.5. The first-order valence-corrected chi connectivity index (χ1v) is 6.77. The average Bonchev–Trinajstić information content (AvgIpc) is 2.36. The third kappa shape index (κ3) is 2.63. The Hall–Kier alpha value is -1.03. The molecule has 0 saturated carbocycles. The molecule has 1 atom stereocenters. The van der Waals surface area contributed by atoms with E-state index in [2.05, 4.69) is 15.9 Å². The molecule has 1 aromatic carbocycles. The molecular weight excluding hydrogens is 282 g/mol. The maximum absolute atomic E-state index is 12.0. The van der Waals surface area contributed by atoms with E-state index >= 15 is 0 Å². The predicted molar refractivity (Wildman–Crippen MR) is 70.2 cm³/mol. The van der Waals surface area contributed by atoms with Crippen molar-refractivity contribution >= 4 is 21.8 Å². The molecule has 92 valence electrons. The van der Waals surface area contributed by atoms with E-state index < -0.39 is 0 Å². The van der Waals surface area contributed by atoms with Gasteiger partial charge in [-0.3, -0.25) is 4.79 Å². The minimum atomic E-state index is -0.0960. The molecule has 0 bridgehead atoms. The number of carbonyl (C=O) groups excluding carboxylic acids is 1. The van der Waals surface area contributed by atoms with Crippen molar-refractivity contribution in [3.05, 3.63) is 29.3 Å². The fourth-order valence-corrected chi connectivity index (χ4v) is 2.39. The highest BCUT2D eigenvalue weighted by molar-refractivity contribution is 9.10. The monoisotopic (exact) mass is 297 g/mol. The quantitative estimate of drug-likeness (QED) is 0.852. The Kier molecular flexibility index (Phi) is 3.72. The van der Waals surface area contributed by atoms with E-state index in [-0.39, 0.29) is 16.5 Å². The second-order valence-electron chi connectivity index (χ2n) is 4.34. The van der Waals surface area contributed by atoms with Crippen LogP contribution in [0.15, 0.2) is 18.2 Å². The Morgan fingerprint density at radius 2 is 2.29 bits per heavy atom. The van der Waals surface area contributed by atoms with Gasteiger partial charge in [0.05, 0.1) is 4.83 Å². The van der Waals surface area contributed by atoms with Gasteiger partial charge < -0.3 is 10.0 Å². The number of phenolic OH excluding ortho intramolecular Hbond substituents is 1. The van der Waals surface area contributed by atoms with E-state index in [1.54, 1.807) is 12.1 Å². The second kappa shape index (κ2) is 5.08. The smallest absolute Gasteiger partial charge is 0.236 e. The molecule has 0 fully saturated rings. The lowest BCUT2D eigenvalue weighted by molar-refractivity contribution is -0.131. The summed E-state index contributed by atoms with van der Waals surface area (Å²) in [7, 11) is 0. The van der Waals surface area contributed by atoms with Crippen LogP contribution >= 0.6 is 15.9 Å². The van der Waals surface area contributed by atoms with Gasteiger partial charge in [-0.25, -0.2) is 0 Å². The summed E-state index contributed by atoms with van der Waals surface area (Å²) in [5.74, 6) is 0.408. The van der Waals surface area contributed by atoms with E-state index in [0.29, 0.717) is 6.54 Å². The molecule has 0 radical (unpaired) electrons. The van der Waals surface area contributed by atoms with Gasteiger partial charge in [0.25, 0.3) is 0 Å². The molecule has 0 aliphatic carbocycles. The summed E-state index contributed by atoms with van der Waals surface area (Å²) < 4.78 is 0. The molecule has 1 aromatic rings. The molecular formula is C13H16BrNO2. The molecule has 2 rings (SSSR count). The predicted octanol–water partition coefficient (Wildman–Crippen LogP) is 2.45. The molecule has 0 aromatic heterocycles. The SMILES string of the molecule is CCC(Br)C(=O)N1CCc2ccc(O)cc2C1. The number of rotatable bonds is 2. The summed E-state index contributed by atoms with van der Waals surface area (Å²) in [5.41, 5.74) is 2.29. The minimum Gasteiger partial charge on any atom is -0.508 e. The maximum Gasteiger partial charge on any atom is 0.236 e. The summed E-state index contributed by atoms with van der Waals surface area (Å²) in [6.45, 7) is 3.35. The van der Waals surface area contributed by atoms with Crippen LogP contribution in [-0.4, -0.2) is 27.3 Å². The van der Waals surface area contributed by atoms with Crippen molar-refractivity contribution < 1.29 is 9.90 Å². The molecule has 1 N–H and O–H groups in total. The standard InChI is InChI=1S/C13H16BrNO2/c1-2-12(14)13(17)15-6-5-9-3-4-11(16)7-10(9)8-15/h3-4,7,12,16H,2,5-6,8H2,1H3. The van der Waals surface area contributed by atoms with Crippen molar-refractivity contribution in [2.75, 3.05) is 6.54 Å². The van der Waals surface area contributed by atoms with Crippen molar-refractivity contribution in [1.29, 1.82) is 0 Å². The van der Waals surface area contributed by atoms with Crippen molar-refractivity contribution in [2.45, 2.75) is 31.1 Å². The van der Waals surface area contributed by atoms with E-state index in [4.69, 9.17) is 0 Å². The van der Waals surface area contributed by atoms with Crippen molar-refractivity contribution in [3.8, 4) is 5.75 Å². The fraction of sp³-hybridized carbons (Fsp3) is 0.462. The van der Waals surface area contributed by atoms with Crippen LogP contribution in [0.1, 0.15) is 24.5 Å². The van der Waals surface area contributed by atoms with Crippen LogP contribution < -0.4 is 0 Å². The second-order valence-corrected chi connectivity index (χ2v) is 5.44. The summed E-state index contributed by atoms with van der Waals surface area (Å²) in [4.78, 5) is 13.8. The van der Waals surface area contributed by atoms with Crippen LogP contribution in [0.3, 0.4) is 0 Å². The van der Waals surface area contributed by atoms with Crippen molar-refractivity contribution in [1.82, 2.24) is 4.90 Å². The zero-order chi connectivity index (χ0) is 12.4. The Morgan fingerprint density at radius 1 is 1.53 bits per heavy atom. The average molecular weight is 298 g/mol. The van der Waals surface area contributed by atoms with Gasteiger partial charge in [-0.2, -0.15) is 0 Å². The third-order valence-electron chi connectivity index (χ3n) is 3.14. The Bertz CT molecular complexity index is 433. The van der Waals surface area contributed by atoms with Gasteiger partial charge in [0.2, 0.25) is 5.91 Å². The van der Waals surface area contributed by atoms with Crippen LogP contribution in [0.2, 0.25) is 0 Å². The molecule has 3 nitrogen and oxygen atoms in total. The lowest BCUT2D eigenvalue weighted by Crippen LogP contribution is -2.40. The minimum absolute atomic E-state index is 0.0960. The van der Waals surface area contributed by atoms with Gasteiger partial charge in [-0.15, -0.1) is 0 Å². The zero-order valence-electron chi connectivity index (χ0n) is 9.82. The van der Waals surface area contributed by atoms with Crippen LogP contribution in [0, 0.1) is 0 Å². The molecule has 1 amide bonds. The van der Waals surface area contributed by atoms with Gasteiger partial charge in [0.1, 0.15) is 5.75 Å². The van der Waals surface area contributed by atoms with Crippen molar-refractivity contribution in [2.24, 2.45) is 0 Å². The largest absolute Gasteiger partial charge is 0.508 e. The molecule has 1 aliphatic heterocycles. The molecule has 1 unspecified atom stereocenters. The first-order valence-electron chi connectivity index (χ1n) is 5.85. The van der Waals surface area contributed by atoms with Gasteiger partial charge in [0.15, 0.2) is 0 Å². The van der Waals surface area contributed by atoms with Crippen LogP contribution in [0.25, 0.3) is 0 Å². The van der Waals surface area contributed by atoms with Crippen molar-refractivity contribution in [3.63, 3.8) is 0 Å². The Morgan fingerprint density at radius 3 is 3.00 bits per heavy atom. The summed E-state index contributed by atoms with van der Waals surface area (Å²) in [6, 6.07) is 5.40. The van der Waals surface area contributed by atoms with Crippen LogP contribution in [-0.2, 0) is 17.8 Å². The molecule has 1 aliphatic rings. The van der Waals surface area contributed by atoms with Gasteiger partial charge in [-0.1, -0.05) is 28.9 Å². The lowest BCUT2D eigenvalue weighted by Gasteiger charge is -2.30. The zero-order valence-corrected chi connectivity index (χ0v) is 11.4. The number of benzene rings is 1. The highest BCUT2D eigenvalue weighted by atomic mass is 79.9. The summed E-state index contributed by atoms with van der Waals surface area (Å²) >= 11 is 3.39. The number of hydrogen-bond donors (Lipinski definition) is 1. The molecule has 0 spiro atoms. The lowest BCUT2D eigenvalue weighted by atomic mass is 9.99. The Labute approximate surface area is 110 Å². The molecule has 17 heavy (non-hydrogen) atoms. The maximum atomic E-state index is 12.0. The number of phenols is 1. The van der Waals surface area contributed by atoms with E-state index in [1.807, 2.05) is 17.9 Å². The number of halogens is 1. The number of carbonyl (C=O) groups is 1. The first kappa shape index (κ1) is 12.4. The summed E-state index contributed by atoms with van der Waals surface area (Å²) in [6.07, 6.45) is 1.66. The van der Waals surface area contributed by atoms with E-state index in [0.717, 1.165) is 24.9 Å². The number of fused-ring (bicyclic) bond motifs is 1.